The largest absolute Gasteiger partial charge is 0.507 e. The number of likely N-dealkylation sites (tertiary alicyclic amines) is 1. The maximum atomic E-state index is 13.6. The molecule has 2 aromatic rings. The first-order valence-electron chi connectivity index (χ1n) is 15.0. The number of ketones is 1. The summed E-state index contributed by atoms with van der Waals surface area (Å²) in [4.78, 5) is 30.8. The second kappa shape index (κ2) is 13.9. The predicted molar refractivity (Wildman–Crippen MR) is 160 cm³/mol. The Morgan fingerprint density at radius 1 is 1.02 bits per heavy atom. The third-order valence-electron chi connectivity index (χ3n) is 7.85. The molecular formula is C33H44N2O6. The van der Waals surface area contributed by atoms with E-state index in [2.05, 4.69) is 25.7 Å². The van der Waals surface area contributed by atoms with E-state index in [0.29, 0.717) is 48.9 Å². The molecule has 2 aliphatic heterocycles. The van der Waals surface area contributed by atoms with Gasteiger partial charge in [-0.05, 0) is 74.8 Å². The molecule has 0 saturated carbocycles. The smallest absolute Gasteiger partial charge is 0.295 e. The second-order valence-electron chi connectivity index (χ2n) is 10.7. The van der Waals surface area contributed by atoms with Crippen LogP contribution < -0.4 is 14.2 Å². The first-order valence-corrected chi connectivity index (χ1v) is 15.0. The van der Waals surface area contributed by atoms with E-state index in [-0.39, 0.29) is 17.4 Å². The van der Waals surface area contributed by atoms with E-state index in [1.807, 2.05) is 44.2 Å². The lowest BCUT2D eigenvalue weighted by atomic mass is 9.94. The number of amides is 1. The number of aliphatic hydroxyl groups excluding tert-OH is 1. The highest BCUT2D eigenvalue weighted by molar-refractivity contribution is 6.46. The molecule has 2 atom stereocenters. The van der Waals surface area contributed by atoms with Gasteiger partial charge in [-0.1, -0.05) is 39.7 Å². The van der Waals surface area contributed by atoms with Gasteiger partial charge in [0.1, 0.15) is 17.6 Å². The zero-order chi connectivity index (χ0) is 29.5. The van der Waals surface area contributed by atoms with Crippen LogP contribution in [0.5, 0.6) is 17.2 Å². The lowest BCUT2D eigenvalue weighted by Gasteiger charge is -2.28. The summed E-state index contributed by atoms with van der Waals surface area (Å²) in [5.74, 6) is 0.480. The average Bonchev–Trinajstić information content (AvgIpc) is 3.47. The molecule has 0 unspecified atom stereocenters. The van der Waals surface area contributed by atoms with E-state index < -0.39 is 17.7 Å². The van der Waals surface area contributed by atoms with Crippen LogP contribution in [0.2, 0.25) is 0 Å². The van der Waals surface area contributed by atoms with Crippen LogP contribution in [0.4, 0.5) is 0 Å². The molecule has 1 saturated heterocycles. The maximum Gasteiger partial charge on any atom is 0.295 e. The Hall–Kier alpha value is -3.52. The Morgan fingerprint density at radius 3 is 2.51 bits per heavy atom. The lowest BCUT2D eigenvalue weighted by Crippen LogP contribution is -2.38. The first-order chi connectivity index (χ1) is 19.8. The number of Topliss-reactive ketones (excluding diaryl/α,β-unsaturated/α-hetero) is 1. The van der Waals surface area contributed by atoms with Crippen molar-refractivity contribution in [3.63, 3.8) is 0 Å². The number of carbonyl (C=O) groups excluding carboxylic acids is 2. The molecule has 0 radical (unpaired) electrons. The Bertz CT molecular complexity index is 1270. The maximum absolute atomic E-state index is 13.6. The molecule has 41 heavy (non-hydrogen) atoms. The van der Waals surface area contributed by atoms with Gasteiger partial charge in [0.15, 0.2) is 11.5 Å². The summed E-state index contributed by atoms with van der Waals surface area (Å²) >= 11 is 0. The van der Waals surface area contributed by atoms with Gasteiger partial charge >= 0.3 is 0 Å². The number of fused-ring (bicyclic) bond motifs is 1. The summed E-state index contributed by atoms with van der Waals surface area (Å²) in [6, 6.07) is 10.2. The van der Waals surface area contributed by atoms with Crippen LogP contribution in [-0.4, -0.2) is 72.1 Å². The summed E-state index contributed by atoms with van der Waals surface area (Å²) in [5.41, 5.74) is 2.24. The molecule has 1 amide bonds. The third-order valence-corrected chi connectivity index (χ3v) is 7.85. The number of aliphatic hydroxyl groups is 1. The minimum absolute atomic E-state index is 0.0488. The first kappa shape index (κ1) is 30.4. The third kappa shape index (κ3) is 6.70. The number of rotatable bonds is 14. The molecule has 0 aliphatic carbocycles. The van der Waals surface area contributed by atoms with E-state index in [1.54, 1.807) is 11.0 Å². The molecule has 1 N–H and O–H groups in total. The molecule has 2 aliphatic rings. The SMILES string of the molecule is CCCCCOc1ccc([C@H]2/C(=C(\O)c3ccc4c(c3)C[C@H](C)O4)C(=O)C(=O)N2CCN(CC)CC)cc1OCC. The van der Waals surface area contributed by atoms with Crippen molar-refractivity contribution in [1.82, 2.24) is 9.80 Å². The Kier molecular flexibility index (Phi) is 10.3. The zero-order valence-corrected chi connectivity index (χ0v) is 25.1. The van der Waals surface area contributed by atoms with Crippen molar-refractivity contribution in [1.29, 1.82) is 0 Å². The minimum atomic E-state index is -0.762. The number of unbranched alkanes of at least 4 members (excludes halogenated alkanes) is 2. The number of ether oxygens (including phenoxy) is 3. The van der Waals surface area contributed by atoms with Gasteiger partial charge in [-0.15, -0.1) is 0 Å². The van der Waals surface area contributed by atoms with Crippen LogP contribution in [0.15, 0.2) is 42.0 Å². The molecular weight excluding hydrogens is 520 g/mol. The predicted octanol–water partition coefficient (Wildman–Crippen LogP) is 5.74. The van der Waals surface area contributed by atoms with Gasteiger partial charge in [0.05, 0.1) is 24.8 Å². The quantitative estimate of drug-likeness (QED) is 0.135. The standard InChI is InChI=1S/C33H44N2O6/c1-6-10-11-18-40-27-15-12-23(21-28(27)39-9-4)30-29(32(37)33(38)35(30)17-16-34(7-2)8-3)31(36)24-13-14-26-25(20-24)19-22(5)41-26/h12-15,20-22,30,36H,6-11,16-19H2,1-5H3/b31-29+/t22-,30-/m0/s1. The van der Waals surface area contributed by atoms with Gasteiger partial charge in [0.25, 0.3) is 11.7 Å². The van der Waals surface area contributed by atoms with Crippen LogP contribution >= 0.6 is 0 Å². The van der Waals surface area contributed by atoms with Gasteiger partial charge in [-0.2, -0.15) is 0 Å². The van der Waals surface area contributed by atoms with Crippen LogP contribution in [-0.2, 0) is 16.0 Å². The summed E-state index contributed by atoms with van der Waals surface area (Å²) in [6.45, 7) is 13.8. The van der Waals surface area contributed by atoms with Crippen molar-refractivity contribution < 1.29 is 28.9 Å². The second-order valence-corrected chi connectivity index (χ2v) is 10.7. The highest BCUT2D eigenvalue weighted by Crippen LogP contribution is 2.43. The number of benzene rings is 2. The number of carbonyl (C=O) groups is 2. The average molecular weight is 565 g/mol. The van der Waals surface area contributed by atoms with E-state index in [1.165, 1.54) is 0 Å². The van der Waals surface area contributed by atoms with Crippen LogP contribution in [0.1, 0.15) is 76.6 Å². The van der Waals surface area contributed by atoms with Crippen LogP contribution in [0, 0.1) is 0 Å². The molecule has 8 nitrogen and oxygen atoms in total. The van der Waals surface area contributed by atoms with Gasteiger partial charge in [0.2, 0.25) is 0 Å². The summed E-state index contributed by atoms with van der Waals surface area (Å²) in [5, 5.41) is 11.6. The van der Waals surface area contributed by atoms with E-state index in [0.717, 1.165) is 50.1 Å². The molecule has 222 valence electrons. The van der Waals surface area contributed by atoms with Gasteiger partial charge in [0, 0.05) is 25.1 Å². The number of likely N-dealkylation sites (N-methyl/N-ethyl adjacent to an activating group) is 1. The van der Waals surface area contributed by atoms with Gasteiger partial charge in [-0.25, -0.2) is 0 Å². The summed E-state index contributed by atoms with van der Waals surface area (Å²) in [6.07, 6.45) is 3.89. The van der Waals surface area contributed by atoms with Gasteiger partial charge in [-0.3, -0.25) is 9.59 Å². The molecule has 0 aromatic heterocycles. The normalized spacial score (nSPS) is 19.5. The highest BCUT2D eigenvalue weighted by atomic mass is 16.5. The van der Waals surface area contributed by atoms with Crippen molar-refractivity contribution in [3.05, 3.63) is 58.7 Å². The van der Waals surface area contributed by atoms with E-state index >= 15 is 0 Å². The molecule has 4 rings (SSSR count). The van der Waals surface area contributed by atoms with Crippen molar-refractivity contribution in [2.24, 2.45) is 0 Å². The molecule has 8 heteroatoms. The van der Waals surface area contributed by atoms with E-state index in [4.69, 9.17) is 14.2 Å². The number of nitrogens with zero attached hydrogens (tertiary/aromatic N) is 2. The Balaban J connectivity index is 1.77. The molecule has 0 bridgehead atoms. The Labute approximate surface area is 243 Å². The van der Waals surface area contributed by atoms with Gasteiger partial charge < -0.3 is 29.1 Å². The molecule has 0 spiro atoms. The molecule has 1 fully saturated rings. The lowest BCUT2D eigenvalue weighted by molar-refractivity contribution is -0.140. The fourth-order valence-corrected chi connectivity index (χ4v) is 5.59. The minimum Gasteiger partial charge on any atom is -0.507 e. The summed E-state index contributed by atoms with van der Waals surface area (Å²) in [7, 11) is 0. The molecule has 2 aromatic carbocycles. The topological polar surface area (TPSA) is 88.5 Å². The number of hydrogen-bond donors (Lipinski definition) is 1. The van der Waals surface area contributed by atoms with Crippen LogP contribution in [0.3, 0.4) is 0 Å². The fourth-order valence-electron chi connectivity index (χ4n) is 5.59. The van der Waals surface area contributed by atoms with Crippen molar-refractivity contribution in [3.8, 4) is 17.2 Å². The van der Waals surface area contributed by atoms with E-state index in [9.17, 15) is 14.7 Å². The van der Waals surface area contributed by atoms with Crippen molar-refractivity contribution in [2.45, 2.75) is 72.4 Å². The molecule has 2 heterocycles. The van der Waals surface area contributed by atoms with Crippen LogP contribution in [0.25, 0.3) is 5.76 Å². The van der Waals surface area contributed by atoms with Crippen molar-refractivity contribution >= 4 is 17.4 Å². The number of hydrogen-bond acceptors (Lipinski definition) is 7. The monoisotopic (exact) mass is 564 g/mol. The fraction of sp³-hybridized carbons (Fsp3) is 0.515. The highest BCUT2D eigenvalue weighted by Gasteiger charge is 2.46. The zero-order valence-electron chi connectivity index (χ0n) is 25.1. The Morgan fingerprint density at radius 2 is 1.80 bits per heavy atom. The van der Waals surface area contributed by atoms with Crippen molar-refractivity contribution in [2.75, 3.05) is 39.4 Å². The summed E-state index contributed by atoms with van der Waals surface area (Å²) < 4.78 is 17.8.